The van der Waals surface area contributed by atoms with Gasteiger partial charge in [-0.1, -0.05) is 18.2 Å². The second-order valence-corrected chi connectivity index (χ2v) is 8.97. The molecule has 5 rings (SSSR count). The second-order valence-electron chi connectivity index (χ2n) is 8.97. The molecule has 0 atom stereocenters. The number of fused-ring (bicyclic) bond motifs is 4. The summed E-state index contributed by atoms with van der Waals surface area (Å²) < 4.78 is 0. The molecule has 10 nitrogen and oxygen atoms in total. The van der Waals surface area contributed by atoms with Gasteiger partial charge in [0.05, 0.1) is 12.2 Å². The third-order valence-corrected chi connectivity index (χ3v) is 6.13. The quantitative estimate of drug-likeness (QED) is 0.177. The third-order valence-electron chi connectivity index (χ3n) is 6.13. The molecule has 0 bridgehead atoms. The van der Waals surface area contributed by atoms with Crippen LogP contribution in [-0.2, 0) is 16.1 Å². The molecule has 0 unspecified atom stereocenters. The Labute approximate surface area is 217 Å². The average molecular weight is 510 g/mol. The first kappa shape index (κ1) is 25.0. The van der Waals surface area contributed by atoms with Gasteiger partial charge in [0.2, 0.25) is 11.8 Å². The van der Waals surface area contributed by atoms with Gasteiger partial charge in [-0.2, -0.15) is 0 Å². The monoisotopic (exact) mass is 509 g/mol. The molecule has 0 radical (unpaired) electrons. The summed E-state index contributed by atoms with van der Waals surface area (Å²) in [5, 5.41) is 11.9. The van der Waals surface area contributed by atoms with E-state index in [2.05, 4.69) is 35.9 Å². The van der Waals surface area contributed by atoms with Gasteiger partial charge < -0.3 is 20.9 Å². The van der Waals surface area contributed by atoms with Crippen molar-refractivity contribution in [1.82, 2.24) is 30.6 Å². The number of carbonyl (C=O) groups is 2. The van der Waals surface area contributed by atoms with E-state index >= 15 is 0 Å². The largest absolute Gasteiger partial charge is 0.350 e. The van der Waals surface area contributed by atoms with Crippen LogP contribution in [0.3, 0.4) is 0 Å². The lowest BCUT2D eigenvalue weighted by Gasteiger charge is -2.08. The number of H-pyrrole nitrogens is 1. The lowest BCUT2D eigenvalue weighted by atomic mass is 10.1. The van der Waals surface area contributed by atoms with Gasteiger partial charge in [-0.05, 0) is 54.8 Å². The number of benzene rings is 1. The molecule has 0 fully saturated rings. The number of aromatic amines is 1. The fraction of sp³-hybridized carbons (Fsp3) is 0.214. The van der Waals surface area contributed by atoms with Crippen LogP contribution in [0.25, 0.3) is 32.8 Å². The van der Waals surface area contributed by atoms with E-state index in [9.17, 15) is 14.4 Å². The van der Waals surface area contributed by atoms with Crippen LogP contribution in [0.15, 0.2) is 65.5 Å². The lowest BCUT2D eigenvalue weighted by molar-refractivity contribution is -0.121. The van der Waals surface area contributed by atoms with Crippen molar-refractivity contribution in [2.24, 2.45) is 0 Å². The Morgan fingerprint density at radius 2 is 1.58 bits per heavy atom. The summed E-state index contributed by atoms with van der Waals surface area (Å²) in [7, 11) is 0. The third kappa shape index (κ3) is 5.81. The highest BCUT2D eigenvalue weighted by molar-refractivity contribution is 6.03. The molecule has 0 spiro atoms. The maximum atomic E-state index is 12.3. The molecule has 4 aromatic heterocycles. The summed E-state index contributed by atoms with van der Waals surface area (Å²) in [4.78, 5) is 52.9. The van der Waals surface area contributed by atoms with Crippen LogP contribution in [-0.4, -0.2) is 44.8 Å². The smallest absolute Gasteiger partial charge is 0.257 e. The van der Waals surface area contributed by atoms with Gasteiger partial charge in [-0.3, -0.25) is 14.4 Å². The maximum Gasteiger partial charge on any atom is 0.257 e. The minimum atomic E-state index is -0.192. The number of aromatic nitrogens is 4. The summed E-state index contributed by atoms with van der Waals surface area (Å²) in [6.45, 7) is 3.00. The fourth-order valence-corrected chi connectivity index (χ4v) is 4.18. The first-order valence-electron chi connectivity index (χ1n) is 12.4. The molecule has 2 amide bonds. The zero-order chi connectivity index (χ0) is 26.5. The Hall–Kier alpha value is -4.70. The van der Waals surface area contributed by atoms with Crippen molar-refractivity contribution in [3.63, 3.8) is 0 Å². The second kappa shape index (κ2) is 11.1. The SMILES string of the molecule is Cc1ccc2ccc(NC(=O)CCNCCC(=O)NCc3ccc4c(n3)[nH]c(=O)c3ccccc34)nc2n1. The topological polar surface area (TPSA) is 142 Å². The van der Waals surface area contributed by atoms with Crippen LogP contribution in [0.5, 0.6) is 0 Å². The van der Waals surface area contributed by atoms with E-state index in [1.807, 2.05) is 55.5 Å². The minimum Gasteiger partial charge on any atom is -0.350 e. The van der Waals surface area contributed by atoms with Gasteiger partial charge in [0.1, 0.15) is 11.5 Å². The Balaban J connectivity index is 1.04. The van der Waals surface area contributed by atoms with Crippen molar-refractivity contribution in [3.8, 4) is 0 Å². The number of hydrogen-bond donors (Lipinski definition) is 4. The molecule has 4 heterocycles. The van der Waals surface area contributed by atoms with Crippen LogP contribution in [0.1, 0.15) is 24.2 Å². The number of amides is 2. The first-order valence-corrected chi connectivity index (χ1v) is 12.4. The molecule has 0 aliphatic heterocycles. The molecule has 0 aliphatic carbocycles. The zero-order valence-corrected chi connectivity index (χ0v) is 20.9. The molecule has 10 heteroatoms. The van der Waals surface area contributed by atoms with Gasteiger partial charge >= 0.3 is 0 Å². The number of anilines is 1. The summed E-state index contributed by atoms with van der Waals surface area (Å²) >= 11 is 0. The normalized spacial score (nSPS) is 11.2. The lowest BCUT2D eigenvalue weighted by Crippen LogP contribution is -2.29. The molecule has 0 aliphatic rings. The number of aryl methyl sites for hydroxylation is 1. The molecule has 0 saturated heterocycles. The van der Waals surface area contributed by atoms with Crippen LogP contribution in [0.2, 0.25) is 0 Å². The predicted octanol–water partition coefficient (Wildman–Crippen LogP) is 2.95. The number of nitrogens with one attached hydrogen (secondary N) is 4. The van der Waals surface area contributed by atoms with Crippen molar-refractivity contribution in [2.45, 2.75) is 26.3 Å². The molecule has 5 aromatic rings. The average Bonchev–Trinajstić information content (AvgIpc) is 2.91. The van der Waals surface area contributed by atoms with Gasteiger partial charge in [-0.25, -0.2) is 15.0 Å². The highest BCUT2D eigenvalue weighted by Crippen LogP contribution is 2.20. The summed E-state index contributed by atoms with van der Waals surface area (Å²) in [5.41, 5.74) is 2.40. The van der Waals surface area contributed by atoms with Crippen molar-refractivity contribution < 1.29 is 9.59 Å². The van der Waals surface area contributed by atoms with E-state index in [-0.39, 0.29) is 36.8 Å². The Bertz CT molecular complexity index is 1710. The highest BCUT2D eigenvalue weighted by atomic mass is 16.2. The minimum absolute atomic E-state index is 0.140. The molecule has 1 aromatic carbocycles. The number of carbonyl (C=O) groups excluding carboxylic acids is 2. The standard InChI is InChI=1S/C28H27N7O3/c1-17-6-7-18-8-11-23(34-26(18)31-17)33-25(37)13-15-29-14-12-24(36)30-16-19-9-10-21-20-4-2-3-5-22(20)28(38)35-27(21)32-19/h2-11,29H,12-16H2,1H3,(H,30,36)(H,32,35,38)(H,31,33,34,37). The van der Waals surface area contributed by atoms with Crippen LogP contribution < -0.4 is 21.5 Å². The number of pyridine rings is 4. The van der Waals surface area contributed by atoms with E-state index in [0.717, 1.165) is 21.9 Å². The molecule has 192 valence electrons. The van der Waals surface area contributed by atoms with E-state index in [0.29, 0.717) is 41.3 Å². The Morgan fingerprint density at radius 3 is 2.42 bits per heavy atom. The van der Waals surface area contributed by atoms with E-state index in [1.54, 1.807) is 12.1 Å². The van der Waals surface area contributed by atoms with E-state index < -0.39 is 0 Å². The molecule has 4 N–H and O–H groups in total. The zero-order valence-electron chi connectivity index (χ0n) is 20.9. The predicted molar refractivity (Wildman–Crippen MR) is 147 cm³/mol. The van der Waals surface area contributed by atoms with E-state index in [4.69, 9.17) is 0 Å². The van der Waals surface area contributed by atoms with Crippen molar-refractivity contribution >= 4 is 50.5 Å². The number of rotatable bonds is 9. The van der Waals surface area contributed by atoms with E-state index in [1.165, 1.54) is 0 Å². The van der Waals surface area contributed by atoms with Crippen molar-refractivity contribution in [2.75, 3.05) is 18.4 Å². The fourth-order valence-electron chi connectivity index (χ4n) is 4.18. The maximum absolute atomic E-state index is 12.3. The van der Waals surface area contributed by atoms with Crippen LogP contribution in [0, 0.1) is 6.92 Å². The summed E-state index contributed by atoms with van der Waals surface area (Å²) in [5.74, 6) is 0.146. The first-order chi connectivity index (χ1) is 18.5. The molecular weight excluding hydrogens is 482 g/mol. The molecule has 0 saturated carbocycles. The Morgan fingerprint density at radius 1 is 0.816 bits per heavy atom. The Kier molecular flexibility index (Phi) is 7.32. The molecule has 38 heavy (non-hydrogen) atoms. The van der Waals surface area contributed by atoms with Crippen LogP contribution >= 0.6 is 0 Å². The van der Waals surface area contributed by atoms with Crippen molar-refractivity contribution in [1.29, 1.82) is 0 Å². The summed E-state index contributed by atoms with van der Waals surface area (Å²) in [6, 6.07) is 18.6. The highest BCUT2D eigenvalue weighted by Gasteiger charge is 2.09. The van der Waals surface area contributed by atoms with Gasteiger partial charge in [-0.15, -0.1) is 0 Å². The molecular formula is C28H27N7O3. The van der Waals surface area contributed by atoms with Gasteiger partial charge in [0.15, 0.2) is 5.65 Å². The number of nitrogens with zero attached hydrogens (tertiary/aromatic N) is 3. The van der Waals surface area contributed by atoms with Crippen molar-refractivity contribution in [3.05, 3.63) is 82.4 Å². The van der Waals surface area contributed by atoms with Crippen LogP contribution in [0.4, 0.5) is 5.82 Å². The summed E-state index contributed by atoms with van der Waals surface area (Å²) in [6.07, 6.45) is 0.504. The van der Waals surface area contributed by atoms with Gasteiger partial charge in [0, 0.05) is 47.8 Å². The number of hydrogen-bond acceptors (Lipinski definition) is 7. The van der Waals surface area contributed by atoms with Gasteiger partial charge in [0.25, 0.3) is 5.56 Å².